The van der Waals surface area contributed by atoms with Gasteiger partial charge in [0.25, 0.3) is 0 Å². The molecule has 0 spiro atoms. The Bertz CT molecular complexity index is 560. The molecule has 0 bridgehead atoms. The molecule has 0 atom stereocenters. The molecule has 5 heteroatoms. The summed E-state index contributed by atoms with van der Waals surface area (Å²) in [6.07, 6.45) is 2.63. The summed E-state index contributed by atoms with van der Waals surface area (Å²) in [4.78, 5) is 11.7. The van der Waals surface area contributed by atoms with Crippen molar-refractivity contribution in [1.82, 2.24) is 15.1 Å². The normalized spacial score (nSPS) is 10.5. The van der Waals surface area contributed by atoms with E-state index in [1.54, 1.807) is 6.20 Å². The summed E-state index contributed by atoms with van der Waals surface area (Å²) in [5.74, 6) is -0.0288. The number of rotatable bonds is 6. The van der Waals surface area contributed by atoms with Gasteiger partial charge >= 0.3 is 0 Å². The second kappa shape index (κ2) is 6.86. The van der Waals surface area contributed by atoms with Crippen LogP contribution in [-0.4, -0.2) is 28.8 Å². The van der Waals surface area contributed by atoms with E-state index in [1.807, 2.05) is 49.0 Å². The summed E-state index contributed by atoms with van der Waals surface area (Å²) in [7, 11) is 1.92. The highest BCUT2D eigenvalue weighted by Gasteiger charge is 2.02. The molecule has 2 N–H and O–H groups in total. The van der Waals surface area contributed by atoms with Crippen molar-refractivity contribution in [2.24, 2.45) is 7.05 Å². The molecule has 2 aromatic rings. The number of carbonyl (C=O) groups excluding carboxylic acids is 1. The first-order chi connectivity index (χ1) is 9.65. The number of amides is 1. The number of aryl methyl sites for hydroxylation is 2. The largest absolute Gasteiger partial charge is 0.325 e. The molecule has 5 nitrogen and oxygen atoms in total. The Kier molecular flexibility index (Phi) is 4.90. The zero-order chi connectivity index (χ0) is 14.4. The van der Waals surface area contributed by atoms with E-state index in [-0.39, 0.29) is 5.91 Å². The molecule has 0 aliphatic heterocycles. The van der Waals surface area contributed by atoms with Gasteiger partial charge in [-0.05, 0) is 25.1 Å². The standard InChI is InChI=1S/C15H20N4O/c1-12-3-5-13(6-4-12)18-15(20)11-16-9-7-14-8-10-17-19(14)2/h3-6,8,10,16H,7,9,11H2,1-2H3,(H,18,20). The lowest BCUT2D eigenvalue weighted by molar-refractivity contribution is -0.115. The van der Waals surface area contributed by atoms with Crippen LogP contribution in [0.25, 0.3) is 0 Å². The van der Waals surface area contributed by atoms with Gasteiger partial charge in [-0.25, -0.2) is 0 Å². The minimum atomic E-state index is -0.0288. The molecule has 0 aliphatic rings. The maximum atomic E-state index is 11.7. The third-order valence-corrected chi connectivity index (χ3v) is 3.10. The number of hydrogen-bond donors (Lipinski definition) is 2. The minimum Gasteiger partial charge on any atom is -0.325 e. The van der Waals surface area contributed by atoms with Crippen LogP contribution in [0.15, 0.2) is 36.5 Å². The molecule has 0 radical (unpaired) electrons. The number of benzene rings is 1. The minimum absolute atomic E-state index is 0.0288. The summed E-state index contributed by atoms with van der Waals surface area (Å²) in [6, 6.07) is 9.75. The molecule has 1 aromatic carbocycles. The number of nitrogens with zero attached hydrogens (tertiary/aromatic N) is 2. The van der Waals surface area contributed by atoms with Crippen molar-refractivity contribution in [1.29, 1.82) is 0 Å². The van der Waals surface area contributed by atoms with E-state index in [1.165, 1.54) is 5.56 Å². The second-order valence-electron chi connectivity index (χ2n) is 4.79. The van der Waals surface area contributed by atoms with E-state index < -0.39 is 0 Å². The highest BCUT2D eigenvalue weighted by molar-refractivity contribution is 5.92. The van der Waals surface area contributed by atoms with Crippen LogP contribution in [0.2, 0.25) is 0 Å². The van der Waals surface area contributed by atoms with Crippen LogP contribution in [0.4, 0.5) is 5.69 Å². The quantitative estimate of drug-likeness (QED) is 0.783. The molecule has 20 heavy (non-hydrogen) atoms. The van der Waals surface area contributed by atoms with Gasteiger partial charge in [-0.2, -0.15) is 5.10 Å². The summed E-state index contributed by atoms with van der Waals surface area (Å²) < 4.78 is 1.84. The van der Waals surface area contributed by atoms with Crippen LogP contribution < -0.4 is 10.6 Å². The first-order valence-electron chi connectivity index (χ1n) is 6.69. The van der Waals surface area contributed by atoms with Crippen LogP contribution in [0, 0.1) is 6.92 Å². The Morgan fingerprint density at radius 2 is 2.00 bits per heavy atom. The average Bonchev–Trinajstić information content (AvgIpc) is 2.83. The molecule has 0 aliphatic carbocycles. The number of hydrogen-bond acceptors (Lipinski definition) is 3. The zero-order valence-electron chi connectivity index (χ0n) is 11.9. The topological polar surface area (TPSA) is 59.0 Å². The fourth-order valence-electron chi connectivity index (χ4n) is 1.91. The van der Waals surface area contributed by atoms with Gasteiger partial charge < -0.3 is 10.6 Å². The number of carbonyl (C=O) groups is 1. The van der Waals surface area contributed by atoms with Crippen molar-refractivity contribution >= 4 is 11.6 Å². The van der Waals surface area contributed by atoms with E-state index >= 15 is 0 Å². The van der Waals surface area contributed by atoms with Crippen molar-refractivity contribution in [2.45, 2.75) is 13.3 Å². The Morgan fingerprint density at radius 3 is 2.65 bits per heavy atom. The van der Waals surface area contributed by atoms with Crippen LogP contribution in [0.1, 0.15) is 11.3 Å². The molecule has 0 fully saturated rings. The highest BCUT2D eigenvalue weighted by atomic mass is 16.1. The van der Waals surface area contributed by atoms with Gasteiger partial charge in [0.05, 0.1) is 6.54 Å². The maximum Gasteiger partial charge on any atom is 0.238 e. The molecule has 2 rings (SSSR count). The van der Waals surface area contributed by atoms with Gasteiger partial charge in [0.1, 0.15) is 0 Å². The van der Waals surface area contributed by atoms with Crippen molar-refractivity contribution in [3.63, 3.8) is 0 Å². The van der Waals surface area contributed by atoms with Gasteiger partial charge in [0.2, 0.25) is 5.91 Å². The lowest BCUT2D eigenvalue weighted by Crippen LogP contribution is -2.29. The van der Waals surface area contributed by atoms with E-state index in [0.717, 1.165) is 24.3 Å². The molecule has 0 saturated heterocycles. The SMILES string of the molecule is Cc1ccc(NC(=O)CNCCc2ccnn2C)cc1. The van der Waals surface area contributed by atoms with E-state index in [9.17, 15) is 4.79 Å². The van der Waals surface area contributed by atoms with Crippen molar-refractivity contribution in [2.75, 3.05) is 18.4 Å². The lowest BCUT2D eigenvalue weighted by Gasteiger charge is -2.07. The lowest BCUT2D eigenvalue weighted by atomic mass is 10.2. The van der Waals surface area contributed by atoms with Crippen LogP contribution in [0.5, 0.6) is 0 Å². The Labute approximate surface area is 119 Å². The van der Waals surface area contributed by atoms with Crippen LogP contribution in [-0.2, 0) is 18.3 Å². The predicted molar refractivity (Wildman–Crippen MR) is 79.6 cm³/mol. The monoisotopic (exact) mass is 272 g/mol. The molecular weight excluding hydrogens is 252 g/mol. The van der Waals surface area contributed by atoms with Crippen molar-refractivity contribution in [3.8, 4) is 0 Å². The Hall–Kier alpha value is -2.14. The second-order valence-corrected chi connectivity index (χ2v) is 4.79. The van der Waals surface area contributed by atoms with Crippen molar-refractivity contribution < 1.29 is 4.79 Å². The molecule has 0 saturated carbocycles. The fraction of sp³-hybridized carbons (Fsp3) is 0.333. The first-order valence-corrected chi connectivity index (χ1v) is 6.69. The van der Waals surface area contributed by atoms with E-state index in [2.05, 4.69) is 15.7 Å². The van der Waals surface area contributed by atoms with Gasteiger partial charge in [0, 0.05) is 37.6 Å². The summed E-state index contributed by atoms with van der Waals surface area (Å²) in [6.45, 7) is 3.08. The molecule has 1 amide bonds. The smallest absolute Gasteiger partial charge is 0.238 e. The van der Waals surface area contributed by atoms with E-state index in [4.69, 9.17) is 0 Å². The van der Waals surface area contributed by atoms with Gasteiger partial charge in [0.15, 0.2) is 0 Å². The molecule has 1 aromatic heterocycles. The highest BCUT2D eigenvalue weighted by Crippen LogP contribution is 2.07. The maximum absolute atomic E-state index is 11.7. The van der Waals surface area contributed by atoms with Crippen LogP contribution in [0.3, 0.4) is 0 Å². The molecule has 0 unspecified atom stereocenters. The van der Waals surface area contributed by atoms with E-state index in [0.29, 0.717) is 6.54 Å². The first kappa shape index (κ1) is 14.3. The Balaban J connectivity index is 1.68. The van der Waals surface area contributed by atoms with Crippen molar-refractivity contribution in [3.05, 3.63) is 47.8 Å². The average molecular weight is 272 g/mol. The third kappa shape index (κ3) is 4.20. The van der Waals surface area contributed by atoms with Crippen LogP contribution >= 0.6 is 0 Å². The summed E-state index contributed by atoms with van der Waals surface area (Å²) >= 11 is 0. The summed E-state index contributed by atoms with van der Waals surface area (Å²) in [5.41, 5.74) is 3.16. The summed E-state index contributed by atoms with van der Waals surface area (Å²) in [5, 5.41) is 10.1. The van der Waals surface area contributed by atoms with Gasteiger partial charge in [-0.15, -0.1) is 0 Å². The van der Waals surface area contributed by atoms with Gasteiger partial charge in [-0.1, -0.05) is 17.7 Å². The molecule has 1 heterocycles. The third-order valence-electron chi connectivity index (χ3n) is 3.10. The molecular formula is C15H20N4O. The number of nitrogens with one attached hydrogen (secondary N) is 2. The predicted octanol–water partition coefficient (Wildman–Crippen LogP) is 1.50. The number of anilines is 1. The molecule has 106 valence electrons. The zero-order valence-corrected chi connectivity index (χ0v) is 11.9. The van der Waals surface area contributed by atoms with Gasteiger partial charge in [-0.3, -0.25) is 9.48 Å². The fourth-order valence-corrected chi connectivity index (χ4v) is 1.91. The number of aromatic nitrogens is 2. The Morgan fingerprint density at radius 1 is 1.25 bits per heavy atom.